The number of benzene rings is 2. The highest BCUT2D eigenvalue weighted by molar-refractivity contribution is 7.93. The molecule has 0 fully saturated rings. The number of fused-ring (bicyclic) bond motifs is 1. The Morgan fingerprint density at radius 1 is 1.12 bits per heavy atom. The number of hydrogen-bond donors (Lipinski definition) is 1. The summed E-state index contributed by atoms with van der Waals surface area (Å²) in [5.74, 6) is -0.0303. The van der Waals surface area contributed by atoms with Crippen molar-refractivity contribution in [1.82, 2.24) is 23.5 Å². The molecule has 0 atom stereocenters. The number of hydrogen-bond acceptors (Lipinski definition) is 7. The fourth-order valence-corrected chi connectivity index (χ4v) is 4.30. The monoisotopic (exact) mass is 406 g/mol. The molecule has 11 heteroatoms. The van der Waals surface area contributed by atoms with Gasteiger partial charge in [-0.05, 0) is 23.8 Å². The summed E-state index contributed by atoms with van der Waals surface area (Å²) in [6, 6.07) is 12.1. The minimum Gasteiger partial charge on any atom is -0.246 e. The number of halogens is 1. The van der Waals surface area contributed by atoms with Gasteiger partial charge in [-0.25, -0.2) is 17.8 Å². The zero-order valence-corrected chi connectivity index (χ0v) is 15.5. The summed E-state index contributed by atoms with van der Waals surface area (Å²) in [4.78, 5) is 4.04. The quantitative estimate of drug-likeness (QED) is 0.546. The van der Waals surface area contributed by atoms with Gasteiger partial charge in [-0.2, -0.15) is 13.7 Å². The van der Waals surface area contributed by atoms with Crippen LogP contribution >= 0.6 is 23.3 Å². The van der Waals surface area contributed by atoms with E-state index in [4.69, 9.17) is 11.6 Å². The average Bonchev–Trinajstić information content (AvgIpc) is 3.25. The van der Waals surface area contributed by atoms with Crippen LogP contribution in [0.25, 0.3) is 11.0 Å². The molecule has 0 aliphatic carbocycles. The SMILES string of the molecule is O=S(=O)(Nc1ncn(Cc2ccccc2Cl)n1)c1cccc2nsnc12. The molecule has 0 bridgehead atoms. The average molecular weight is 407 g/mol. The van der Waals surface area contributed by atoms with Gasteiger partial charge in [0.2, 0.25) is 0 Å². The Hall–Kier alpha value is -2.56. The lowest BCUT2D eigenvalue weighted by atomic mass is 10.2. The normalized spacial score (nSPS) is 11.7. The summed E-state index contributed by atoms with van der Waals surface area (Å²) in [5.41, 5.74) is 1.70. The van der Waals surface area contributed by atoms with Gasteiger partial charge < -0.3 is 0 Å². The van der Waals surface area contributed by atoms with Gasteiger partial charge in [0.25, 0.3) is 16.0 Å². The van der Waals surface area contributed by atoms with E-state index in [1.54, 1.807) is 18.2 Å². The molecule has 2 aromatic carbocycles. The smallest absolute Gasteiger partial charge is 0.246 e. The van der Waals surface area contributed by atoms with Crippen LogP contribution in [0, 0.1) is 0 Å². The minimum absolute atomic E-state index is 0.0303. The Morgan fingerprint density at radius 2 is 1.96 bits per heavy atom. The molecule has 26 heavy (non-hydrogen) atoms. The molecule has 1 N–H and O–H groups in total. The summed E-state index contributed by atoms with van der Waals surface area (Å²) < 4.78 is 37.3. The third-order valence-electron chi connectivity index (χ3n) is 3.59. The second-order valence-corrected chi connectivity index (χ2v) is 7.94. The predicted octanol–water partition coefficient (Wildman–Crippen LogP) is 2.79. The molecule has 0 unspecified atom stereocenters. The van der Waals surface area contributed by atoms with Crippen LogP contribution in [0.5, 0.6) is 0 Å². The van der Waals surface area contributed by atoms with E-state index in [1.165, 1.54) is 17.1 Å². The Bertz CT molecular complexity index is 1190. The summed E-state index contributed by atoms with van der Waals surface area (Å²) >= 11 is 7.08. The zero-order chi connectivity index (χ0) is 18.1. The lowest BCUT2D eigenvalue weighted by Crippen LogP contribution is -2.15. The third-order valence-corrected chi connectivity index (χ3v) is 5.86. The number of nitrogens with zero attached hydrogens (tertiary/aromatic N) is 5. The number of anilines is 1. The molecule has 4 rings (SSSR count). The Labute approximate surface area is 157 Å². The highest BCUT2D eigenvalue weighted by Crippen LogP contribution is 2.22. The molecule has 8 nitrogen and oxygen atoms in total. The van der Waals surface area contributed by atoms with Gasteiger partial charge in [0.15, 0.2) is 0 Å². The van der Waals surface area contributed by atoms with Crippen molar-refractivity contribution in [3.63, 3.8) is 0 Å². The van der Waals surface area contributed by atoms with Gasteiger partial charge in [-0.3, -0.25) is 0 Å². The van der Waals surface area contributed by atoms with Crippen LogP contribution in [-0.4, -0.2) is 31.9 Å². The van der Waals surface area contributed by atoms with Crippen molar-refractivity contribution in [2.45, 2.75) is 11.4 Å². The molecule has 0 radical (unpaired) electrons. The van der Waals surface area contributed by atoms with Crippen LogP contribution in [0.3, 0.4) is 0 Å². The van der Waals surface area contributed by atoms with Crippen molar-refractivity contribution in [3.8, 4) is 0 Å². The molecule has 0 saturated heterocycles. The Balaban J connectivity index is 1.59. The van der Waals surface area contributed by atoms with Crippen molar-refractivity contribution in [3.05, 3.63) is 59.4 Å². The van der Waals surface area contributed by atoms with Crippen LogP contribution in [0.4, 0.5) is 5.95 Å². The number of sulfonamides is 1. The first-order valence-corrected chi connectivity index (χ1v) is 9.99. The number of nitrogens with one attached hydrogen (secondary N) is 1. The van der Waals surface area contributed by atoms with E-state index >= 15 is 0 Å². The predicted molar refractivity (Wildman–Crippen MR) is 98.8 cm³/mol. The lowest BCUT2D eigenvalue weighted by Gasteiger charge is -2.05. The van der Waals surface area contributed by atoms with Crippen LogP contribution in [0.2, 0.25) is 5.02 Å². The number of aromatic nitrogens is 5. The van der Waals surface area contributed by atoms with Gasteiger partial charge in [-0.1, -0.05) is 35.9 Å². The molecule has 4 aromatic rings. The standard InChI is InChI=1S/C15H11ClN6O2S2/c16-11-5-2-1-4-10(11)8-22-9-17-15(18-22)21-26(23,24)13-7-3-6-12-14(13)20-25-19-12/h1-7,9H,8H2,(H,18,21). The van der Waals surface area contributed by atoms with E-state index in [0.717, 1.165) is 17.3 Å². The fraction of sp³-hybridized carbons (Fsp3) is 0.0667. The highest BCUT2D eigenvalue weighted by atomic mass is 35.5. The fourth-order valence-electron chi connectivity index (χ4n) is 2.39. The first kappa shape index (κ1) is 16.9. The van der Waals surface area contributed by atoms with Crippen LogP contribution in [0.15, 0.2) is 53.7 Å². The lowest BCUT2D eigenvalue weighted by molar-refractivity contribution is 0.601. The summed E-state index contributed by atoms with van der Waals surface area (Å²) in [6.07, 6.45) is 1.44. The molecule has 0 spiro atoms. The maximum absolute atomic E-state index is 12.7. The summed E-state index contributed by atoms with van der Waals surface area (Å²) in [7, 11) is -3.89. The van der Waals surface area contributed by atoms with Gasteiger partial charge in [0, 0.05) is 5.02 Å². The van der Waals surface area contributed by atoms with E-state index in [1.807, 2.05) is 18.2 Å². The van der Waals surface area contributed by atoms with E-state index in [2.05, 4.69) is 23.6 Å². The van der Waals surface area contributed by atoms with Crippen molar-refractivity contribution < 1.29 is 8.42 Å². The molecule has 2 heterocycles. The molecule has 0 aliphatic rings. The van der Waals surface area contributed by atoms with Crippen LogP contribution < -0.4 is 4.72 Å². The van der Waals surface area contributed by atoms with Gasteiger partial charge in [0.05, 0.1) is 18.3 Å². The van der Waals surface area contributed by atoms with Gasteiger partial charge in [0.1, 0.15) is 22.3 Å². The Morgan fingerprint density at radius 3 is 2.81 bits per heavy atom. The van der Waals surface area contributed by atoms with Gasteiger partial charge >= 0.3 is 0 Å². The summed E-state index contributed by atoms with van der Waals surface area (Å²) in [5, 5.41) is 4.75. The van der Waals surface area contributed by atoms with Crippen molar-refractivity contribution in [1.29, 1.82) is 0 Å². The van der Waals surface area contributed by atoms with Crippen molar-refractivity contribution in [2.24, 2.45) is 0 Å². The molecule has 0 saturated carbocycles. The topological polar surface area (TPSA) is 103 Å². The highest BCUT2D eigenvalue weighted by Gasteiger charge is 2.21. The Kier molecular flexibility index (Phi) is 4.31. The van der Waals surface area contributed by atoms with E-state index in [-0.39, 0.29) is 10.8 Å². The molecule has 0 aliphatic heterocycles. The molecule has 2 aromatic heterocycles. The first-order valence-electron chi connectivity index (χ1n) is 7.40. The van der Waals surface area contributed by atoms with Gasteiger partial charge in [-0.15, -0.1) is 5.10 Å². The summed E-state index contributed by atoms with van der Waals surface area (Å²) in [6.45, 7) is 0.375. The maximum Gasteiger partial charge on any atom is 0.266 e. The van der Waals surface area contributed by atoms with Crippen molar-refractivity contribution >= 4 is 50.3 Å². The van der Waals surface area contributed by atoms with Crippen LogP contribution in [-0.2, 0) is 16.6 Å². The maximum atomic E-state index is 12.7. The third kappa shape index (κ3) is 3.26. The second-order valence-electron chi connectivity index (χ2n) is 5.35. The van der Waals surface area contributed by atoms with Crippen LogP contribution in [0.1, 0.15) is 5.56 Å². The molecular weight excluding hydrogens is 396 g/mol. The molecular formula is C15H11ClN6O2S2. The molecule has 132 valence electrons. The minimum atomic E-state index is -3.89. The number of rotatable bonds is 5. The van der Waals surface area contributed by atoms with E-state index in [0.29, 0.717) is 22.6 Å². The molecule has 0 amide bonds. The van der Waals surface area contributed by atoms with E-state index in [9.17, 15) is 8.42 Å². The first-order chi connectivity index (χ1) is 12.5. The van der Waals surface area contributed by atoms with Crippen molar-refractivity contribution in [2.75, 3.05) is 4.72 Å². The zero-order valence-electron chi connectivity index (χ0n) is 13.1. The second kappa shape index (κ2) is 6.63. The largest absolute Gasteiger partial charge is 0.266 e. The van der Waals surface area contributed by atoms with E-state index < -0.39 is 10.0 Å².